The van der Waals surface area contributed by atoms with E-state index in [1.165, 1.54) is 6.38 Å². The van der Waals surface area contributed by atoms with E-state index in [0.717, 1.165) is 49.0 Å². The number of halogens is 3. The van der Waals surface area contributed by atoms with Gasteiger partial charge in [0.15, 0.2) is 0 Å². The lowest BCUT2D eigenvalue weighted by molar-refractivity contribution is -0.126. The Morgan fingerprint density at radius 2 is 1.80 bits per heavy atom. The van der Waals surface area contributed by atoms with Gasteiger partial charge >= 0.3 is 0 Å². The molecule has 2 saturated carbocycles. The number of nitrogens with one attached hydrogen (secondary N) is 1. The van der Waals surface area contributed by atoms with Crippen LogP contribution in [0.15, 0.2) is 47.0 Å². The third-order valence-corrected chi connectivity index (χ3v) is 8.92. The number of hydrogen-bond donors (Lipinski definition) is 3. The van der Waals surface area contributed by atoms with E-state index in [1.807, 2.05) is 24.3 Å². The smallest absolute Gasteiger partial charge is 0.232 e. The van der Waals surface area contributed by atoms with Crippen LogP contribution in [0, 0.1) is 5.92 Å². The average Bonchev–Trinajstić information content (AvgIpc) is 3.53. The van der Waals surface area contributed by atoms with Crippen molar-refractivity contribution in [3.8, 4) is 17.0 Å². The number of ether oxygens (including phenoxy) is 1. The molecular weight excluding hydrogens is 593 g/mol. The van der Waals surface area contributed by atoms with Crippen LogP contribution in [0.5, 0.6) is 5.75 Å². The maximum Gasteiger partial charge on any atom is 0.232 e. The fraction of sp³-hybridized carbons (Fsp3) is 0.448. The van der Waals surface area contributed by atoms with Crippen LogP contribution in [0.3, 0.4) is 0 Å². The first kappa shape index (κ1) is 29.5. The molecule has 7 nitrogen and oxygen atoms in total. The first-order chi connectivity index (χ1) is 19.4. The van der Waals surface area contributed by atoms with Gasteiger partial charge in [-0.25, -0.2) is 0 Å². The van der Waals surface area contributed by atoms with Gasteiger partial charge < -0.3 is 19.1 Å². The summed E-state index contributed by atoms with van der Waals surface area (Å²) in [4.78, 5) is 14.2. The number of carbonyl (C=O) groups excluding carboxylic acids is 1. The minimum absolute atomic E-state index is 0.00272. The monoisotopic (exact) mass is 623 g/mol. The van der Waals surface area contributed by atoms with Crippen LogP contribution in [0.2, 0.25) is 10.0 Å². The Hall–Kier alpha value is -1.94. The molecule has 1 aliphatic heterocycles. The lowest BCUT2D eigenvalue weighted by Gasteiger charge is -2.49. The summed E-state index contributed by atoms with van der Waals surface area (Å²) in [6, 6.07) is 13.3. The quantitative estimate of drug-likeness (QED) is 0.194. The summed E-state index contributed by atoms with van der Waals surface area (Å²) in [5.41, 5.74) is 2.09. The molecule has 0 radical (unpaired) electrons. The lowest BCUT2D eigenvalue weighted by atomic mass is 9.84. The molecule has 6 rings (SSSR count). The Balaban J connectivity index is 0.00000158. The van der Waals surface area contributed by atoms with E-state index >= 15 is 0 Å². The zero-order valence-corrected chi connectivity index (χ0v) is 25.2. The van der Waals surface area contributed by atoms with Gasteiger partial charge in [0.05, 0.1) is 15.6 Å². The number of benzene rings is 2. The third kappa shape index (κ3) is 5.98. The Labute approximate surface area is 254 Å². The molecule has 2 N–H and O–H groups in total. The lowest BCUT2D eigenvalue weighted by Crippen LogP contribution is -2.62. The minimum Gasteiger partial charge on any atom is -0.489 e. The van der Waals surface area contributed by atoms with E-state index in [4.69, 9.17) is 32.5 Å². The fourth-order valence-corrected chi connectivity index (χ4v) is 6.51. The molecule has 40 heavy (non-hydrogen) atoms. The zero-order valence-electron chi connectivity index (χ0n) is 22.1. The number of aromatic nitrogens is 1. The van der Waals surface area contributed by atoms with Crippen LogP contribution in [0.25, 0.3) is 11.3 Å². The van der Waals surface area contributed by atoms with Gasteiger partial charge in [-0.2, -0.15) is 0 Å². The molecule has 3 fully saturated rings. The SMILES string of the molecule is CCl.O=C(NS)C1CCC(N2CC(O)(c3ccc(OCc4c(-c5c(Cl)cccc5Cl)noc4C4CC4)cc3)C2)C1. The summed E-state index contributed by atoms with van der Waals surface area (Å²) < 4.78 is 14.3. The molecule has 3 aliphatic rings. The van der Waals surface area contributed by atoms with E-state index in [1.54, 1.807) is 18.2 Å². The molecule has 1 saturated heterocycles. The number of β-amino-alcohol motifs (C(OH)–C–C–N with tert-alkyl or cyclic N) is 1. The average molecular weight is 625 g/mol. The Morgan fingerprint density at radius 3 is 2.42 bits per heavy atom. The molecule has 2 aliphatic carbocycles. The Bertz CT molecular complexity index is 1320. The van der Waals surface area contributed by atoms with E-state index in [0.29, 0.717) is 52.1 Å². The summed E-state index contributed by atoms with van der Waals surface area (Å²) in [6.45, 7) is 1.38. The second kappa shape index (κ2) is 12.5. The van der Waals surface area contributed by atoms with Crippen LogP contribution >= 0.6 is 47.6 Å². The molecule has 11 heteroatoms. The number of nitrogens with zero attached hydrogens (tertiary/aromatic N) is 2. The van der Waals surface area contributed by atoms with E-state index in [9.17, 15) is 9.90 Å². The number of likely N-dealkylation sites (tertiary alicyclic amines) is 1. The molecule has 2 atom stereocenters. The van der Waals surface area contributed by atoms with Crippen molar-refractivity contribution < 1.29 is 19.2 Å². The molecule has 2 unspecified atom stereocenters. The zero-order chi connectivity index (χ0) is 28.4. The number of amides is 1. The predicted molar refractivity (Wildman–Crippen MR) is 160 cm³/mol. The van der Waals surface area contributed by atoms with Gasteiger partial charge in [-0.3, -0.25) is 9.69 Å². The highest BCUT2D eigenvalue weighted by Crippen LogP contribution is 2.46. The number of hydrogen-bond acceptors (Lipinski definition) is 7. The number of aliphatic hydroxyl groups is 1. The first-order valence-electron chi connectivity index (χ1n) is 13.3. The van der Waals surface area contributed by atoms with E-state index in [2.05, 4.69) is 39.2 Å². The Morgan fingerprint density at radius 1 is 1.12 bits per heavy atom. The molecule has 2 aromatic carbocycles. The van der Waals surface area contributed by atoms with Gasteiger partial charge in [0.25, 0.3) is 0 Å². The van der Waals surface area contributed by atoms with Crippen LogP contribution in [0.1, 0.15) is 54.9 Å². The molecule has 1 aromatic heterocycles. The summed E-state index contributed by atoms with van der Waals surface area (Å²) >= 11 is 21.5. The molecule has 214 valence electrons. The van der Waals surface area contributed by atoms with Crippen molar-refractivity contribution >= 4 is 53.5 Å². The standard InChI is InChI=1S/C28H29Cl2N3O4S.CH3Cl/c29-22-2-1-3-23(30)24(22)25-21(26(37-31-25)16-4-5-16)13-36-20-10-7-18(8-11-20)28(35)14-33(15-28)19-9-6-17(12-19)27(34)32-38;1-2/h1-3,7-8,10-11,16-17,19,35,38H,4-6,9,12-15H2,(H,32,34);1H3. The van der Waals surface area contributed by atoms with Crippen molar-refractivity contribution in [2.45, 2.75) is 56.3 Å². The molecule has 0 spiro atoms. The van der Waals surface area contributed by atoms with Crippen molar-refractivity contribution in [1.29, 1.82) is 0 Å². The van der Waals surface area contributed by atoms with Crippen molar-refractivity contribution in [3.63, 3.8) is 0 Å². The van der Waals surface area contributed by atoms with Crippen LogP contribution < -0.4 is 9.46 Å². The molecule has 1 amide bonds. The summed E-state index contributed by atoms with van der Waals surface area (Å²) in [5, 5.41) is 16.5. The van der Waals surface area contributed by atoms with Gasteiger partial charge in [-0.15, -0.1) is 11.6 Å². The highest BCUT2D eigenvalue weighted by Gasteiger charge is 2.47. The topological polar surface area (TPSA) is 87.8 Å². The van der Waals surface area contributed by atoms with Gasteiger partial charge in [0, 0.05) is 42.9 Å². The van der Waals surface area contributed by atoms with Gasteiger partial charge in [-0.1, -0.05) is 59.4 Å². The van der Waals surface area contributed by atoms with Crippen molar-refractivity contribution in [2.75, 3.05) is 19.5 Å². The van der Waals surface area contributed by atoms with Crippen molar-refractivity contribution in [1.82, 2.24) is 14.8 Å². The maximum atomic E-state index is 11.9. The first-order valence-corrected chi connectivity index (χ1v) is 15.3. The number of alkyl halides is 1. The van der Waals surface area contributed by atoms with Gasteiger partial charge in [-0.05, 0) is 61.9 Å². The fourth-order valence-electron chi connectivity index (χ4n) is 5.75. The summed E-state index contributed by atoms with van der Waals surface area (Å²) in [7, 11) is 0. The maximum absolute atomic E-state index is 11.9. The highest BCUT2D eigenvalue weighted by molar-refractivity contribution is 7.78. The molecular formula is C29H32Cl3N3O4S. The van der Waals surface area contributed by atoms with Crippen LogP contribution in [0.4, 0.5) is 0 Å². The third-order valence-electron chi connectivity index (χ3n) is 8.07. The number of rotatable bonds is 8. The van der Waals surface area contributed by atoms with Gasteiger partial charge in [0.1, 0.15) is 29.4 Å². The minimum atomic E-state index is -0.899. The predicted octanol–water partition coefficient (Wildman–Crippen LogP) is 6.59. The second-order valence-electron chi connectivity index (χ2n) is 10.6. The van der Waals surface area contributed by atoms with Crippen LogP contribution in [-0.2, 0) is 17.0 Å². The van der Waals surface area contributed by atoms with E-state index in [-0.39, 0.29) is 18.4 Å². The number of carbonyl (C=O) groups is 1. The van der Waals surface area contributed by atoms with Crippen LogP contribution in [-0.4, -0.2) is 46.6 Å². The molecule has 0 bridgehead atoms. The van der Waals surface area contributed by atoms with Crippen molar-refractivity contribution in [2.24, 2.45) is 5.92 Å². The van der Waals surface area contributed by atoms with Crippen molar-refractivity contribution in [3.05, 3.63) is 69.4 Å². The molecule has 2 heterocycles. The second-order valence-corrected chi connectivity index (χ2v) is 11.7. The Kier molecular flexibility index (Phi) is 9.24. The largest absolute Gasteiger partial charge is 0.489 e. The summed E-state index contributed by atoms with van der Waals surface area (Å²) in [5.74, 6) is 1.85. The normalized spacial score (nSPS) is 21.8. The summed E-state index contributed by atoms with van der Waals surface area (Å²) in [6.07, 6.45) is 6.22. The van der Waals surface area contributed by atoms with E-state index < -0.39 is 5.60 Å². The van der Waals surface area contributed by atoms with Gasteiger partial charge in [0.2, 0.25) is 5.91 Å². The molecule has 3 aromatic rings. The highest BCUT2D eigenvalue weighted by atomic mass is 35.5. The number of thiol groups is 1.